The molecule has 0 saturated heterocycles. The lowest BCUT2D eigenvalue weighted by Crippen LogP contribution is -2.31. The lowest BCUT2D eigenvalue weighted by atomic mass is 10.0. The SMILES string of the molecule is COc1ccc(C=N[C@H](C(N)=O)C(C)C)cc1. The van der Waals surface area contributed by atoms with Crippen LogP contribution in [-0.2, 0) is 4.79 Å². The van der Waals surface area contributed by atoms with E-state index in [1.54, 1.807) is 13.3 Å². The summed E-state index contributed by atoms with van der Waals surface area (Å²) in [6, 6.07) is 6.96. The minimum Gasteiger partial charge on any atom is -0.497 e. The van der Waals surface area contributed by atoms with Gasteiger partial charge in [-0.1, -0.05) is 13.8 Å². The number of hydrogen-bond acceptors (Lipinski definition) is 3. The number of carbonyl (C=O) groups is 1. The van der Waals surface area contributed by atoms with E-state index in [1.807, 2.05) is 38.1 Å². The average Bonchev–Trinajstić information content (AvgIpc) is 2.29. The molecule has 1 aromatic carbocycles. The van der Waals surface area contributed by atoms with Crippen molar-refractivity contribution < 1.29 is 9.53 Å². The van der Waals surface area contributed by atoms with Crippen molar-refractivity contribution >= 4 is 12.1 Å². The third-order valence-corrected chi connectivity index (χ3v) is 2.42. The van der Waals surface area contributed by atoms with Crippen LogP contribution in [0, 0.1) is 5.92 Å². The molecule has 0 heterocycles. The number of amides is 1. The van der Waals surface area contributed by atoms with E-state index in [2.05, 4.69) is 4.99 Å². The van der Waals surface area contributed by atoms with Gasteiger partial charge in [0, 0.05) is 6.21 Å². The summed E-state index contributed by atoms with van der Waals surface area (Å²) in [5, 5.41) is 0. The summed E-state index contributed by atoms with van der Waals surface area (Å²) in [5.41, 5.74) is 6.19. The molecule has 1 atom stereocenters. The zero-order chi connectivity index (χ0) is 12.8. The van der Waals surface area contributed by atoms with Crippen LogP contribution in [0.3, 0.4) is 0 Å². The smallest absolute Gasteiger partial charge is 0.242 e. The van der Waals surface area contributed by atoms with Crippen LogP contribution in [-0.4, -0.2) is 25.3 Å². The van der Waals surface area contributed by atoms with Gasteiger partial charge in [-0.3, -0.25) is 9.79 Å². The molecule has 0 aliphatic rings. The molecule has 0 unspecified atom stereocenters. The first-order valence-corrected chi connectivity index (χ1v) is 5.51. The number of rotatable bonds is 5. The van der Waals surface area contributed by atoms with E-state index in [1.165, 1.54) is 0 Å². The van der Waals surface area contributed by atoms with Crippen LogP contribution < -0.4 is 10.5 Å². The lowest BCUT2D eigenvalue weighted by molar-refractivity contribution is -0.119. The Morgan fingerprint density at radius 2 is 1.94 bits per heavy atom. The van der Waals surface area contributed by atoms with Crippen LogP contribution in [0.5, 0.6) is 5.75 Å². The molecule has 1 aromatic rings. The van der Waals surface area contributed by atoms with Gasteiger partial charge in [0.25, 0.3) is 0 Å². The maximum absolute atomic E-state index is 11.2. The monoisotopic (exact) mass is 234 g/mol. The second kappa shape index (κ2) is 6.03. The van der Waals surface area contributed by atoms with Gasteiger partial charge in [-0.15, -0.1) is 0 Å². The number of aliphatic imine (C=N–C) groups is 1. The van der Waals surface area contributed by atoms with Gasteiger partial charge in [0.1, 0.15) is 11.8 Å². The van der Waals surface area contributed by atoms with Crippen LogP contribution in [0.25, 0.3) is 0 Å². The topological polar surface area (TPSA) is 64.7 Å². The van der Waals surface area contributed by atoms with Gasteiger partial charge in [-0.05, 0) is 35.7 Å². The zero-order valence-electron chi connectivity index (χ0n) is 10.4. The Bertz CT molecular complexity index is 396. The number of methoxy groups -OCH3 is 1. The highest BCUT2D eigenvalue weighted by molar-refractivity contribution is 5.86. The zero-order valence-corrected chi connectivity index (χ0v) is 10.4. The molecule has 0 bridgehead atoms. The largest absolute Gasteiger partial charge is 0.497 e. The predicted molar refractivity (Wildman–Crippen MR) is 68.4 cm³/mol. The Hall–Kier alpha value is -1.84. The van der Waals surface area contributed by atoms with Gasteiger partial charge < -0.3 is 10.5 Å². The van der Waals surface area contributed by atoms with Crippen molar-refractivity contribution in [2.24, 2.45) is 16.6 Å². The predicted octanol–water partition coefficient (Wildman–Crippen LogP) is 1.62. The minimum atomic E-state index is -0.475. The standard InChI is InChI=1S/C13H18N2O2/c1-9(2)12(13(14)16)15-8-10-4-6-11(17-3)7-5-10/h4-9,12H,1-3H3,(H2,14,16)/t12-/m0/s1. The maximum atomic E-state index is 11.2. The molecule has 92 valence electrons. The van der Waals surface area contributed by atoms with Gasteiger partial charge in [-0.25, -0.2) is 0 Å². The molecular weight excluding hydrogens is 216 g/mol. The molecule has 0 aliphatic heterocycles. The molecule has 1 rings (SSSR count). The highest BCUT2D eigenvalue weighted by atomic mass is 16.5. The summed E-state index contributed by atoms with van der Waals surface area (Å²) < 4.78 is 5.05. The van der Waals surface area contributed by atoms with Crippen LogP contribution in [0.2, 0.25) is 0 Å². The molecule has 2 N–H and O–H groups in total. The van der Waals surface area contributed by atoms with Crippen molar-refractivity contribution in [2.45, 2.75) is 19.9 Å². The number of nitrogens with two attached hydrogens (primary N) is 1. The van der Waals surface area contributed by atoms with Gasteiger partial charge in [0.05, 0.1) is 7.11 Å². The Kier molecular flexibility index (Phi) is 4.69. The molecule has 0 fully saturated rings. The molecule has 0 spiro atoms. The van der Waals surface area contributed by atoms with E-state index < -0.39 is 11.9 Å². The van der Waals surface area contributed by atoms with Gasteiger partial charge in [0.15, 0.2) is 0 Å². The van der Waals surface area contributed by atoms with Gasteiger partial charge in [-0.2, -0.15) is 0 Å². The second-order valence-electron chi connectivity index (χ2n) is 4.14. The first kappa shape index (κ1) is 13.2. The molecule has 0 saturated carbocycles. The first-order chi connectivity index (χ1) is 8.04. The van der Waals surface area contributed by atoms with Gasteiger partial charge in [0.2, 0.25) is 5.91 Å². The summed E-state index contributed by atoms with van der Waals surface area (Å²) in [4.78, 5) is 15.4. The highest BCUT2D eigenvalue weighted by Gasteiger charge is 2.16. The quantitative estimate of drug-likeness (QED) is 0.787. The Morgan fingerprint density at radius 1 is 1.35 bits per heavy atom. The van der Waals surface area contributed by atoms with Crippen LogP contribution >= 0.6 is 0 Å². The molecule has 0 radical (unpaired) electrons. The summed E-state index contributed by atoms with van der Waals surface area (Å²) in [7, 11) is 1.62. The van der Waals surface area contributed by atoms with E-state index >= 15 is 0 Å². The highest BCUT2D eigenvalue weighted by Crippen LogP contribution is 2.11. The number of ether oxygens (including phenoxy) is 1. The number of hydrogen-bond donors (Lipinski definition) is 1. The van der Waals surface area contributed by atoms with Crippen LogP contribution in [0.1, 0.15) is 19.4 Å². The van der Waals surface area contributed by atoms with E-state index in [4.69, 9.17) is 10.5 Å². The summed E-state index contributed by atoms with van der Waals surface area (Å²) in [6.07, 6.45) is 1.66. The molecule has 0 aliphatic carbocycles. The lowest BCUT2D eigenvalue weighted by Gasteiger charge is -2.11. The van der Waals surface area contributed by atoms with Crippen molar-refractivity contribution in [2.75, 3.05) is 7.11 Å². The summed E-state index contributed by atoms with van der Waals surface area (Å²) >= 11 is 0. The summed E-state index contributed by atoms with van der Waals surface area (Å²) in [5.74, 6) is 0.490. The number of carbonyl (C=O) groups excluding carboxylic acids is 1. The minimum absolute atomic E-state index is 0.0991. The molecular formula is C13H18N2O2. The van der Waals surface area contributed by atoms with Crippen molar-refractivity contribution in [1.82, 2.24) is 0 Å². The number of nitrogens with zero attached hydrogens (tertiary/aromatic N) is 1. The van der Waals surface area contributed by atoms with Crippen molar-refractivity contribution in [3.8, 4) is 5.75 Å². The van der Waals surface area contributed by atoms with E-state index in [0.717, 1.165) is 11.3 Å². The van der Waals surface area contributed by atoms with E-state index in [0.29, 0.717) is 0 Å². The van der Waals surface area contributed by atoms with Crippen molar-refractivity contribution in [1.29, 1.82) is 0 Å². The maximum Gasteiger partial charge on any atom is 0.242 e. The number of benzene rings is 1. The number of primary amides is 1. The van der Waals surface area contributed by atoms with Crippen molar-refractivity contribution in [3.63, 3.8) is 0 Å². The first-order valence-electron chi connectivity index (χ1n) is 5.51. The third kappa shape index (κ3) is 3.90. The Labute approximate surface area is 101 Å². The molecule has 0 aromatic heterocycles. The third-order valence-electron chi connectivity index (χ3n) is 2.42. The van der Waals surface area contributed by atoms with Gasteiger partial charge >= 0.3 is 0 Å². The fourth-order valence-electron chi connectivity index (χ4n) is 1.43. The van der Waals surface area contributed by atoms with Crippen LogP contribution in [0.4, 0.5) is 0 Å². The Morgan fingerprint density at radius 3 is 2.35 bits per heavy atom. The average molecular weight is 234 g/mol. The molecule has 1 amide bonds. The van der Waals surface area contributed by atoms with E-state index in [9.17, 15) is 4.79 Å². The molecule has 4 heteroatoms. The molecule has 4 nitrogen and oxygen atoms in total. The van der Waals surface area contributed by atoms with Crippen LogP contribution in [0.15, 0.2) is 29.3 Å². The molecule has 17 heavy (non-hydrogen) atoms. The Balaban J connectivity index is 2.77. The fraction of sp³-hybridized carbons (Fsp3) is 0.385. The second-order valence-corrected chi connectivity index (χ2v) is 4.14. The van der Waals surface area contributed by atoms with E-state index in [-0.39, 0.29) is 5.92 Å². The summed E-state index contributed by atoms with van der Waals surface area (Å²) in [6.45, 7) is 3.83. The fourth-order valence-corrected chi connectivity index (χ4v) is 1.43. The van der Waals surface area contributed by atoms with Crippen molar-refractivity contribution in [3.05, 3.63) is 29.8 Å². The normalized spacial score (nSPS) is 12.9.